The van der Waals surface area contributed by atoms with E-state index in [1.165, 1.54) is 51.4 Å². The average Bonchev–Trinajstić information content (AvgIpc) is 3.72. The summed E-state index contributed by atoms with van der Waals surface area (Å²) >= 11 is 0.699. The third-order valence-electron chi connectivity index (χ3n) is 8.74. The van der Waals surface area contributed by atoms with Gasteiger partial charge in [0.15, 0.2) is 0 Å². The zero-order valence-electron chi connectivity index (χ0n) is 21.7. The van der Waals surface area contributed by atoms with Gasteiger partial charge in [0.1, 0.15) is 0 Å². The van der Waals surface area contributed by atoms with Gasteiger partial charge in [0.05, 0.1) is 0 Å². The molecular formula is C34H40P2Pd. The summed E-state index contributed by atoms with van der Waals surface area (Å²) in [6.45, 7) is 0. The molecule has 0 bridgehead atoms. The maximum atomic E-state index is 2.53. The Morgan fingerprint density at radius 1 is 0.378 bits per heavy atom. The summed E-state index contributed by atoms with van der Waals surface area (Å²) in [4.78, 5) is 0. The molecule has 0 aliphatic heterocycles. The first-order valence-corrected chi connectivity index (χ1v) is 22.6. The van der Waals surface area contributed by atoms with E-state index in [1.807, 2.05) is 0 Å². The number of hydrogen-bond acceptors (Lipinski definition) is 0. The molecular weight excluding hydrogens is 577 g/mol. The fourth-order valence-electron chi connectivity index (χ4n) is 7.08. The van der Waals surface area contributed by atoms with Gasteiger partial charge in [0, 0.05) is 0 Å². The van der Waals surface area contributed by atoms with E-state index in [2.05, 4.69) is 121 Å². The van der Waals surface area contributed by atoms with E-state index in [1.54, 1.807) is 21.2 Å². The normalized spacial score (nSPS) is 18.3. The molecule has 0 atom stereocenters. The van der Waals surface area contributed by atoms with Gasteiger partial charge in [-0.3, -0.25) is 0 Å². The molecule has 4 aromatic carbocycles. The molecule has 4 aromatic rings. The molecule has 0 unspecified atom stereocenters. The van der Waals surface area contributed by atoms with Crippen molar-refractivity contribution in [3.05, 3.63) is 121 Å². The fourth-order valence-corrected chi connectivity index (χ4v) is 47.0. The minimum absolute atomic E-state index is 0.699. The topological polar surface area (TPSA) is 0 Å². The Bertz CT molecular complexity index is 1070. The molecule has 196 valence electrons. The van der Waals surface area contributed by atoms with Crippen molar-refractivity contribution in [2.45, 2.75) is 62.7 Å². The Morgan fingerprint density at radius 2 is 0.622 bits per heavy atom. The Labute approximate surface area is 232 Å². The molecule has 0 spiro atoms. The molecule has 37 heavy (non-hydrogen) atoms. The summed E-state index contributed by atoms with van der Waals surface area (Å²) in [5, 5.41) is 6.79. The van der Waals surface area contributed by atoms with Gasteiger partial charge in [-0.05, 0) is 0 Å². The Balaban J connectivity index is 1.66. The van der Waals surface area contributed by atoms with Gasteiger partial charge in [-0.25, -0.2) is 0 Å². The van der Waals surface area contributed by atoms with Crippen LogP contribution in [0.2, 0.25) is 0 Å². The second-order valence-electron chi connectivity index (χ2n) is 10.8. The van der Waals surface area contributed by atoms with E-state index in [-0.39, 0.29) is 0 Å². The SMILES string of the molecule is c1ccc([PH]([Pd][PH](c2ccccc2)(c2ccccc2)C2CCCC2)(c2ccccc2)C2CCCC2)cc1. The van der Waals surface area contributed by atoms with Gasteiger partial charge in [-0.1, -0.05) is 0 Å². The first-order chi connectivity index (χ1) is 18.3. The van der Waals surface area contributed by atoms with E-state index in [0.717, 1.165) is 11.3 Å². The van der Waals surface area contributed by atoms with Gasteiger partial charge in [-0.15, -0.1) is 0 Å². The molecule has 2 saturated carbocycles. The predicted molar refractivity (Wildman–Crippen MR) is 165 cm³/mol. The van der Waals surface area contributed by atoms with Crippen molar-refractivity contribution in [1.82, 2.24) is 0 Å². The molecule has 0 heterocycles. The van der Waals surface area contributed by atoms with Crippen LogP contribution in [0.5, 0.6) is 0 Å². The average molecular weight is 617 g/mol. The van der Waals surface area contributed by atoms with Crippen molar-refractivity contribution in [2.24, 2.45) is 0 Å². The first kappa shape index (κ1) is 25.7. The van der Waals surface area contributed by atoms with Gasteiger partial charge in [0.2, 0.25) is 0 Å². The van der Waals surface area contributed by atoms with E-state index < -0.39 is 10.9 Å². The molecule has 0 nitrogen and oxygen atoms in total. The van der Waals surface area contributed by atoms with Crippen molar-refractivity contribution in [1.29, 1.82) is 0 Å². The molecule has 6 rings (SSSR count). The van der Waals surface area contributed by atoms with Crippen LogP contribution in [0, 0.1) is 0 Å². The minimum atomic E-state index is -2.07. The Kier molecular flexibility index (Phi) is 8.08. The molecule has 0 saturated heterocycles. The quantitative estimate of drug-likeness (QED) is 0.141. The van der Waals surface area contributed by atoms with Crippen molar-refractivity contribution in [2.75, 3.05) is 0 Å². The molecule has 2 fully saturated rings. The van der Waals surface area contributed by atoms with Crippen molar-refractivity contribution < 1.29 is 17.0 Å². The summed E-state index contributed by atoms with van der Waals surface area (Å²) in [5.74, 6) is 0. The summed E-state index contributed by atoms with van der Waals surface area (Å²) in [6, 6.07) is 47.7. The third kappa shape index (κ3) is 4.84. The monoisotopic (exact) mass is 616 g/mol. The van der Waals surface area contributed by atoms with Crippen LogP contribution < -0.4 is 21.2 Å². The van der Waals surface area contributed by atoms with Crippen LogP contribution in [0.15, 0.2) is 121 Å². The van der Waals surface area contributed by atoms with E-state index >= 15 is 0 Å². The molecule has 0 amide bonds. The van der Waals surface area contributed by atoms with Crippen molar-refractivity contribution in [3.63, 3.8) is 0 Å². The van der Waals surface area contributed by atoms with Crippen LogP contribution in [0.25, 0.3) is 0 Å². The number of benzene rings is 4. The van der Waals surface area contributed by atoms with Crippen LogP contribution in [-0.2, 0) is 17.0 Å². The zero-order valence-corrected chi connectivity index (χ0v) is 25.2. The summed E-state index contributed by atoms with van der Waals surface area (Å²) in [6.07, 6.45) is 11.3. The van der Waals surface area contributed by atoms with Crippen LogP contribution in [0.3, 0.4) is 0 Å². The van der Waals surface area contributed by atoms with Crippen molar-refractivity contribution in [3.8, 4) is 0 Å². The molecule has 0 radical (unpaired) electrons. The van der Waals surface area contributed by atoms with E-state index in [9.17, 15) is 0 Å². The predicted octanol–water partition coefficient (Wildman–Crippen LogP) is 7.59. The summed E-state index contributed by atoms with van der Waals surface area (Å²) in [7, 11) is 0. The third-order valence-corrected chi connectivity index (χ3v) is 38.8. The molecule has 3 heteroatoms. The van der Waals surface area contributed by atoms with Crippen LogP contribution in [0.1, 0.15) is 51.4 Å². The molecule has 2 aliphatic carbocycles. The van der Waals surface area contributed by atoms with Gasteiger partial charge < -0.3 is 0 Å². The maximum absolute atomic E-state index is 2.53. The van der Waals surface area contributed by atoms with Gasteiger partial charge >= 0.3 is 233 Å². The standard InChI is InChI=1S/2C17H19P.Pd/c2*1-3-9-15(10-4-1)18(17-13-7-8-14-17)16-11-5-2-6-12-16;/h2*1-6,9-12,17H,7-8,13-14H2;/q;;-2/p+2. The number of rotatable bonds is 8. The molecule has 2 aliphatic rings. The van der Waals surface area contributed by atoms with Gasteiger partial charge in [0.25, 0.3) is 0 Å². The number of hydrogen-bond donors (Lipinski definition) is 0. The molecule has 0 aromatic heterocycles. The Hall–Kier alpha value is -1.60. The van der Waals surface area contributed by atoms with Crippen LogP contribution >= 0.6 is 10.9 Å². The first-order valence-electron chi connectivity index (χ1n) is 14.2. The zero-order chi connectivity index (χ0) is 25.0. The summed E-state index contributed by atoms with van der Waals surface area (Å²) < 4.78 is 0. The second kappa shape index (κ2) is 11.6. The Morgan fingerprint density at radius 3 is 0.865 bits per heavy atom. The van der Waals surface area contributed by atoms with Crippen molar-refractivity contribution >= 4 is 32.1 Å². The second-order valence-corrected chi connectivity index (χ2v) is 28.9. The fraction of sp³-hybridized carbons (Fsp3) is 0.294. The van der Waals surface area contributed by atoms with Crippen LogP contribution in [0.4, 0.5) is 0 Å². The van der Waals surface area contributed by atoms with Crippen LogP contribution in [-0.4, -0.2) is 11.3 Å². The van der Waals surface area contributed by atoms with E-state index in [4.69, 9.17) is 0 Å². The van der Waals surface area contributed by atoms with Gasteiger partial charge in [-0.2, -0.15) is 0 Å². The molecule has 0 N–H and O–H groups in total. The summed E-state index contributed by atoms with van der Waals surface area (Å²) in [5.41, 5.74) is -2.46. The van der Waals surface area contributed by atoms with E-state index in [0.29, 0.717) is 17.0 Å².